The molecule has 3 heteroatoms. The molecule has 1 rings (SSSR count). The van der Waals surface area contributed by atoms with Gasteiger partial charge in [-0.1, -0.05) is 19.9 Å². The molecule has 0 aliphatic carbocycles. The van der Waals surface area contributed by atoms with Crippen LogP contribution in [0, 0.1) is 19.8 Å². The topological polar surface area (TPSA) is 55.1 Å². The Morgan fingerprint density at radius 1 is 1.19 bits per heavy atom. The Morgan fingerprint density at radius 3 is 2.12 bits per heavy atom. The van der Waals surface area contributed by atoms with Crippen molar-refractivity contribution < 1.29 is 4.79 Å². The zero-order chi connectivity index (χ0) is 12.3. The normalized spacial score (nSPS) is 12.6. The minimum atomic E-state index is -0.458. The van der Waals surface area contributed by atoms with Gasteiger partial charge >= 0.3 is 0 Å². The Bertz CT molecular complexity index is 365. The van der Waals surface area contributed by atoms with Crippen LogP contribution in [-0.4, -0.2) is 11.9 Å². The first-order valence-electron chi connectivity index (χ1n) is 5.55. The second-order valence-corrected chi connectivity index (χ2v) is 4.64. The van der Waals surface area contributed by atoms with Crippen LogP contribution in [0.1, 0.15) is 25.0 Å². The quantitative estimate of drug-likeness (QED) is 0.820. The number of rotatable bonds is 3. The van der Waals surface area contributed by atoms with Gasteiger partial charge in [0.15, 0.2) is 0 Å². The van der Waals surface area contributed by atoms with Gasteiger partial charge in [-0.2, -0.15) is 0 Å². The number of carbonyl (C=O) groups excluding carboxylic acids is 1. The fourth-order valence-corrected chi connectivity index (χ4v) is 1.58. The van der Waals surface area contributed by atoms with E-state index in [9.17, 15) is 4.79 Å². The Balaban J connectivity index is 2.77. The molecule has 1 amide bonds. The molecule has 0 aromatic heterocycles. The Morgan fingerprint density at radius 2 is 1.69 bits per heavy atom. The maximum Gasteiger partial charge on any atom is 0.241 e. The summed E-state index contributed by atoms with van der Waals surface area (Å²) in [6.07, 6.45) is 0. The number of carbonyl (C=O) groups is 1. The predicted octanol–water partition coefficient (Wildman–Crippen LogP) is 2.23. The summed E-state index contributed by atoms with van der Waals surface area (Å²) in [6.45, 7) is 7.88. The highest BCUT2D eigenvalue weighted by Gasteiger charge is 2.17. The van der Waals surface area contributed by atoms with Crippen LogP contribution in [0.4, 0.5) is 5.69 Å². The molecule has 3 nitrogen and oxygen atoms in total. The lowest BCUT2D eigenvalue weighted by molar-refractivity contribution is -0.118. The van der Waals surface area contributed by atoms with E-state index in [4.69, 9.17) is 5.73 Å². The van der Waals surface area contributed by atoms with E-state index >= 15 is 0 Å². The number of amides is 1. The molecule has 0 spiro atoms. The van der Waals surface area contributed by atoms with Crippen LogP contribution in [0.25, 0.3) is 0 Å². The number of hydrogen-bond acceptors (Lipinski definition) is 2. The lowest BCUT2D eigenvalue weighted by Gasteiger charge is -2.15. The number of benzene rings is 1. The van der Waals surface area contributed by atoms with E-state index in [1.54, 1.807) is 0 Å². The van der Waals surface area contributed by atoms with E-state index in [1.807, 2.05) is 39.8 Å². The fraction of sp³-hybridized carbons (Fsp3) is 0.462. The summed E-state index contributed by atoms with van der Waals surface area (Å²) >= 11 is 0. The minimum absolute atomic E-state index is 0.125. The van der Waals surface area contributed by atoms with Crippen LogP contribution in [0.3, 0.4) is 0 Å². The van der Waals surface area contributed by atoms with Crippen LogP contribution in [0.2, 0.25) is 0 Å². The summed E-state index contributed by atoms with van der Waals surface area (Å²) in [6, 6.07) is 5.49. The van der Waals surface area contributed by atoms with Gasteiger partial charge in [0.1, 0.15) is 0 Å². The lowest BCUT2D eigenvalue weighted by atomic mass is 10.0. The van der Waals surface area contributed by atoms with Gasteiger partial charge in [0.2, 0.25) is 5.91 Å². The van der Waals surface area contributed by atoms with E-state index in [1.165, 1.54) is 0 Å². The molecule has 1 unspecified atom stereocenters. The fourth-order valence-electron chi connectivity index (χ4n) is 1.58. The van der Waals surface area contributed by atoms with Crippen molar-refractivity contribution in [1.82, 2.24) is 0 Å². The standard InChI is InChI=1S/C13H20N2O/c1-8(2)12(14)13(16)15-11-6-9(3)5-10(4)7-11/h5-8,12H,14H2,1-4H3,(H,15,16). The Labute approximate surface area is 97.0 Å². The van der Waals surface area contributed by atoms with Crippen LogP contribution in [0.5, 0.6) is 0 Å². The molecule has 0 heterocycles. The molecule has 3 N–H and O–H groups in total. The molecule has 0 radical (unpaired) electrons. The molecule has 0 fully saturated rings. The first-order valence-corrected chi connectivity index (χ1v) is 5.55. The minimum Gasteiger partial charge on any atom is -0.325 e. The van der Waals surface area contributed by atoms with Gasteiger partial charge in [-0.25, -0.2) is 0 Å². The number of aryl methyl sites for hydroxylation is 2. The average molecular weight is 220 g/mol. The van der Waals surface area contributed by atoms with Crippen molar-refractivity contribution >= 4 is 11.6 Å². The number of nitrogens with one attached hydrogen (secondary N) is 1. The van der Waals surface area contributed by atoms with Crippen LogP contribution in [0.15, 0.2) is 18.2 Å². The Hall–Kier alpha value is -1.35. The van der Waals surface area contributed by atoms with Gasteiger partial charge in [-0.15, -0.1) is 0 Å². The largest absolute Gasteiger partial charge is 0.325 e. The first-order chi connectivity index (χ1) is 7.40. The molecule has 1 atom stereocenters. The van der Waals surface area contributed by atoms with E-state index in [0.717, 1.165) is 16.8 Å². The van der Waals surface area contributed by atoms with Crippen molar-refractivity contribution in [2.24, 2.45) is 11.7 Å². The van der Waals surface area contributed by atoms with Crippen molar-refractivity contribution in [2.45, 2.75) is 33.7 Å². The molecular weight excluding hydrogens is 200 g/mol. The smallest absolute Gasteiger partial charge is 0.241 e. The molecule has 0 saturated carbocycles. The molecule has 0 aliphatic rings. The van der Waals surface area contributed by atoms with E-state index in [-0.39, 0.29) is 11.8 Å². The third-order valence-electron chi connectivity index (χ3n) is 2.51. The van der Waals surface area contributed by atoms with E-state index in [2.05, 4.69) is 11.4 Å². The zero-order valence-electron chi connectivity index (χ0n) is 10.4. The maximum absolute atomic E-state index is 11.7. The van der Waals surface area contributed by atoms with Crippen molar-refractivity contribution in [3.05, 3.63) is 29.3 Å². The summed E-state index contributed by atoms with van der Waals surface area (Å²) in [5.41, 5.74) is 8.86. The molecule has 1 aromatic carbocycles. The van der Waals surface area contributed by atoms with Gasteiger partial charge in [0, 0.05) is 5.69 Å². The summed E-state index contributed by atoms with van der Waals surface area (Å²) in [5, 5.41) is 2.84. The number of anilines is 1. The Kier molecular flexibility index (Phi) is 4.07. The molecule has 0 aliphatic heterocycles. The van der Waals surface area contributed by atoms with Gasteiger partial charge in [-0.3, -0.25) is 4.79 Å². The molecular formula is C13H20N2O. The third-order valence-corrected chi connectivity index (χ3v) is 2.51. The highest BCUT2D eigenvalue weighted by Crippen LogP contribution is 2.14. The molecule has 0 saturated heterocycles. The number of nitrogens with two attached hydrogens (primary N) is 1. The van der Waals surface area contributed by atoms with Crippen LogP contribution >= 0.6 is 0 Å². The molecule has 16 heavy (non-hydrogen) atoms. The van der Waals surface area contributed by atoms with Crippen molar-refractivity contribution in [3.63, 3.8) is 0 Å². The van der Waals surface area contributed by atoms with Gasteiger partial charge in [0.25, 0.3) is 0 Å². The highest BCUT2D eigenvalue weighted by atomic mass is 16.2. The summed E-state index contributed by atoms with van der Waals surface area (Å²) in [5.74, 6) is 0.0194. The molecule has 0 bridgehead atoms. The highest BCUT2D eigenvalue weighted by molar-refractivity contribution is 5.94. The summed E-state index contributed by atoms with van der Waals surface area (Å²) in [7, 11) is 0. The van der Waals surface area contributed by atoms with E-state index in [0.29, 0.717) is 0 Å². The van der Waals surface area contributed by atoms with Gasteiger partial charge in [-0.05, 0) is 43.0 Å². The second kappa shape index (κ2) is 5.12. The number of hydrogen-bond donors (Lipinski definition) is 2. The SMILES string of the molecule is Cc1cc(C)cc(NC(=O)C(N)C(C)C)c1. The first kappa shape index (κ1) is 12.7. The monoisotopic (exact) mass is 220 g/mol. The lowest BCUT2D eigenvalue weighted by Crippen LogP contribution is -2.39. The average Bonchev–Trinajstić information content (AvgIpc) is 2.14. The van der Waals surface area contributed by atoms with Crippen LogP contribution < -0.4 is 11.1 Å². The maximum atomic E-state index is 11.7. The van der Waals surface area contributed by atoms with E-state index < -0.39 is 6.04 Å². The summed E-state index contributed by atoms with van der Waals surface area (Å²) in [4.78, 5) is 11.7. The molecule has 1 aromatic rings. The van der Waals surface area contributed by atoms with Crippen molar-refractivity contribution in [2.75, 3.05) is 5.32 Å². The van der Waals surface area contributed by atoms with Crippen molar-refractivity contribution in [1.29, 1.82) is 0 Å². The summed E-state index contributed by atoms with van der Waals surface area (Å²) < 4.78 is 0. The van der Waals surface area contributed by atoms with Crippen LogP contribution in [-0.2, 0) is 4.79 Å². The zero-order valence-corrected chi connectivity index (χ0v) is 10.4. The predicted molar refractivity (Wildman–Crippen MR) is 67.4 cm³/mol. The third kappa shape index (κ3) is 3.35. The van der Waals surface area contributed by atoms with Gasteiger partial charge < -0.3 is 11.1 Å². The van der Waals surface area contributed by atoms with Crippen molar-refractivity contribution in [3.8, 4) is 0 Å². The van der Waals surface area contributed by atoms with Gasteiger partial charge in [0.05, 0.1) is 6.04 Å². The second-order valence-electron chi connectivity index (χ2n) is 4.64. The molecule has 88 valence electrons.